The summed E-state index contributed by atoms with van der Waals surface area (Å²) < 4.78 is 0. The van der Waals surface area contributed by atoms with Gasteiger partial charge in [-0.2, -0.15) is 0 Å². The average Bonchev–Trinajstić information content (AvgIpc) is 2.24. The highest BCUT2D eigenvalue weighted by atomic mass is 16.3. The number of nitrogens with zero attached hydrogens (tertiary/aromatic N) is 1. The van der Waals surface area contributed by atoms with Crippen molar-refractivity contribution in [2.24, 2.45) is 0 Å². The molecule has 3 N–H and O–H groups in total. The molecule has 1 atom stereocenters. The molecule has 0 radical (unpaired) electrons. The van der Waals surface area contributed by atoms with Gasteiger partial charge in [0.1, 0.15) is 0 Å². The van der Waals surface area contributed by atoms with Gasteiger partial charge in [0.2, 0.25) is 0 Å². The van der Waals surface area contributed by atoms with Crippen LogP contribution in [0.3, 0.4) is 0 Å². The molecule has 4 nitrogen and oxygen atoms in total. The Morgan fingerprint density at radius 1 is 1.33 bits per heavy atom. The summed E-state index contributed by atoms with van der Waals surface area (Å²) in [6.07, 6.45) is 1.52. The zero-order chi connectivity index (χ0) is 10.9. The second-order valence-corrected chi connectivity index (χ2v) is 3.55. The lowest BCUT2D eigenvalue weighted by molar-refractivity contribution is 0.191. The Hall–Kier alpha value is -0.970. The smallest absolute Gasteiger partial charge is 0.0636 e. The number of hydrogen-bond acceptors (Lipinski definition) is 4. The van der Waals surface area contributed by atoms with Crippen molar-refractivity contribution in [3.05, 3.63) is 30.1 Å². The maximum Gasteiger partial charge on any atom is 0.0636 e. The summed E-state index contributed by atoms with van der Waals surface area (Å²) in [5, 5.41) is 15.4. The predicted molar refractivity (Wildman–Crippen MR) is 60.5 cm³/mol. The predicted octanol–water partition coefficient (Wildman–Crippen LogP) is 0.142. The minimum Gasteiger partial charge on any atom is -0.392 e. The van der Waals surface area contributed by atoms with Crippen LogP contribution in [0.1, 0.15) is 12.6 Å². The first kappa shape index (κ1) is 12.1. The van der Waals surface area contributed by atoms with Gasteiger partial charge in [-0.3, -0.25) is 4.98 Å². The number of aliphatic hydroxyl groups excluding tert-OH is 1. The van der Waals surface area contributed by atoms with E-state index >= 15 is 0 Å². The second kappa shape index (κ2) is 7.34. The van der Waals surface area contributed by atoms with E-state index in [1.807, 2.05) is 18.2 Å². The van der Waals surface area contributed by atoms with E-state index < -0.39 is 0 Å². The molecule has 15 heavy (non-hydrogen) atoms. The third-order valence-electron chi connectivity index (χ3n) is 1.95. The molecule has 0 aromatic carbocycles. The number of pyridine rings is 1. The van der Waals surface area contributed by atoms with E-state index in [4.69, 9.17) is 5.11 Å². The van der Waals surface area contributed by atoms with Crippen LogP contribution in [0.4, 0.5) is 0 Å². The van der Waals surface area contributed by atoms with Crippen molar-refractivity contribution in [3.8, 4) is 0 Å². The molecule has 1 heterocycles. The summed E-state index contributed by atoms with van der Waals surface area (Å²) in [6.45, 7) is 4.94. The van der Waals surface area contributed by atoms with Gasteiger partial charge in [0.25, 0.3) is 0 Å². The Labute approximate surface area is 90.7 Å². The lowest BCUT2D eigenvalue weighted by Gasteiger charge is -2.07. The first-order chi connectivity index (χ1) is 7.29. The quantitative estimate of drug-likeness (QED) is 0.559. The van der Waals surface area contributed by atoms with Crippen molar-refractivity contribution < 1.29 is 5.11 Å². The van der Waals surface area contributed by atoms with Crippen molar-refractivity contribution in [2.45, 2.75) is 19.6 Å². The second-order valence-electron chi connectivity index (χ2n) is 3.55. The Morgan fingerprint density at radius 3 is 2.80 bits per heavy atom. The topological polar surface area (TPSA) is 57.2 Å². The van der Waals surface area contributed by atoms with Gasteiger partial charge in [-0.05, 0) is 19.1 Å². The van der Waals surface area contributed by atoms with Gasteiger partial charge in [0, 0.05) is 32.4 Å². The van der Waals surface area contributed by atoms with Gasteiger partial charge in [-0.15, -0.1) is 0 Å². The lowest BCUT2D eigenvalue weighted by atomic mass is 10.3. The molecular formula is C11H19N3O. The van der Waals surface area contributed by atoms with Crippen LogP contribution in [0.2, 0.25) is 0 Å². The lowest BCUT2D eigenvalue weighted by Crippen LogP contribution is -2.31. The average molecular weight is 209 g/mol. The van der Waals surface area contributed by atoms with Gasteiger partial charge in [0.05, 0.1) is 11.8 Å². The molecule has 0 spiro atoms. The molecule has 0 bridgehead atoms. The fourth-order valence-electron chi connectivity index (χ4n) is 1.21. The Morgan fingerprint density at radius 2 is 2.13 bits per heavy atom. The fourth-order valence-corrected chi connectivity index (χ4v) is 1.21. The fraction of sp³-hybridized carbons (Fsp3) is 0.545. The molecule has 0 saturated carbocycles. The van der Waals surface area contributed by atoms with Crippen molar-refractivity contribution in [2.75, 3.05) is 19.6 Å². The Bertz CT molecular complexity index is 251. The zero-order valence-electron chi connectivity index (χ0n) is 9.11. The van der Waals surface area contributed by atoms with Crippen LogP contribution >= 0.6 is 0 Å². The Kier molecular flexibility index (Phi) is 5.92. The van der Waals surface area contributed by atoms with Gasteiger partial charge in [-0.1, -0.05) is 6.07 Å². The molecule has 0 aliphatic carbocycles. The number of hydrogen-bond donors (Lipinski definition) is 3. The van der Waals surface area contributed by atoms with Gasteiger partial charge in [0.15, 0.2) is 0 Å². The third-order valence-corrected chi connectivity index (χ3v) is 1.95. The molecule has 0 aliphatic heterocycles. The van der Waals surface area contributed by atoms with E-state index in [0.29, 0.717) is 6.54 Å². The minimum atomic E-state index is -0.277. The highest BCUT2D eigenvalue weighted by molar-refractivity contribution is 5.02. The van der Waals surface area contributed by atoms with Crippen LogP contribution in [0.15, 0.2) is 24.4 Å². The molecule has 1 aromatic heterocycles. The van der Waals surface area contributed by atoms with Crippen LogP contribution in [0, 0.1) is 0 Å². The SMILES string of the molecule is C[C@H](O)CNCCNCc1ccccn1. The molecule has 0 unspecified atom stereocenters. The van der Waals surface area contributed by atoms with E-state index in [1.165, 1.54) is 0 Å². The first-order valence-corrected chi connectivity index (χ1v) is 5.28. The molecular weight excluding hydrogens is 190 g/mol. The van der Waals surface area contributed by atoms with E-state index in [0.717, 1.165) is 25.3 Å². The number of aliphatic hydroxyl groups is 1. The van der Waals surface area contributed by atoms with Crippen molar-refractivity contribution >= 4 is 0 Å². The standard InChI is InChI=1S/C11H19N3O/c1-10(15)8-12-6-7-13-9-11-4-2-3-5-14-11/h2-5,10,12-13,15H,6-9H2,1H3/t10-/m0/s1. The summed E-state index contributed by atoms with van der Waals surface area (Å²) in [7, 11) is 0. The Balaban J connectivity index is 1.98. The van der Waals surface area contributed by atoms with Crippen molar-refractivity contribution in [1.29, 1.82) is 0 Å². The summed E-state index contributed by atoms with van der Waals surface area (Å²) in [4.78, 5) is 4.20. The number of nitrogens with one attached hydrogen (secondary N) is 2. The van der Waals surface area contributed by atoms with E-state index in [2.05, 4.69) is 15.6 Å². The molecule has 1 aromatic rings. The van der Waals surface area contributed by atoms with Gasteiger partial charge >= 0.3 is 0 Å². The van der Waals surface area contributed by atoms with E-state index in [1.54, 1.807) is 13.1 Å². The van der Waals surface area contributed by atoms with Gasteiger partial charge < -0.3 is 15.7 Å². The minimum absolute atomic E-state index is 0.277. The van der Waals surface area contributed by atoms with Crippen LogP contribution in [-0.2, 0) is 6.54 Å². The van der Waals surface area contributed by atoms with Crippen LogP contribution < -0.4 is 10.6 Å². The summed E-state index contributed by atoms with van der Waals surface area (Å²) in [5.74, 6) is 0. The zero-order valence-corrected chi connectivity index (χ0v) is 9.11. The highest BCUT2D eigenvalue weighted by Crippen LogP contribution is 1.90. The molecule has 0 aliphatic rings. The third kappa shape index (κ3) is 6.17. The summed E-state index contributed by atoms with van der Waals surface area (Å²) >= 11 is 0. The molecule has 0 fully saturated rings. The first-order valence-electron chi connectivity index (χ1n) is 5.28. The highest BCUT2D eigenvalue weighted by Gasteiger charge is 1.94. The molecule has 1 rings (SSSR count). The van der Waals surface area contributed by atoms with E-state index in [-0.39, 0.29) is 6.10 Å². The maximum atomic E-state index is 8.99. The maximum absolute atomic E-state index is 8.99. The van der Waals surface area contributed by atoms with Crippen LogP contribution in [-0.4, -0.2) is 35.8 Å². The molecule has 0 amide bonds. The van der Waals surface area contributed by atoms with E-state index in [9.17, 15) is 0 Å². The molecule has 0 saturated heterocycles. The summed E-state index contributed by atoms with van der Waals surface area (Å²) in [5.41, 5.74) is 1.05. The normalized spacial score (nSPS) is 12.7. The largest absolute Gasteiger partial charge is 0.392 e. The number of aromatic nitrogens is 1. The molecule has 84 valence electrons. The van der Waals surface area contributed by atoms with Crippen LogP contribution in [0.25, 0.3) is 0 Å². The van der Waals surface area contributed by atoms with Crippen molar-refractivity contribution in [3.63, 3.8) is 0 Å². The monoisotopic (exact) mass is 209 g/mol. The van der Waals surface area contributed by atoms with Crippen molar-refractivity contribution in [1.82, 2.24) is 15.6 Å². The van der Waals surface area contributed by atoms with Gasteiger partial charge in [-0.25, -0.2) is 0 Å². The molecule has 4 heteroatoms. The number of rotatable bonds is 7. The van der Waals surface area contributed by atoms with Crippen LogP contribution in [0.5, 0.6) is 0 Å². The summed E-state index contributed by atoms with van der Waals surface area (Å²) in [6, 6.07) is 5.89.